The van der Waals surface area contributed by atoms with Crippen LogP contribution < -0.4 is 5.32 Å². The molecule has 1 aliphatic heterocycles. The second kappa shape index (κ2) is 7.41. The van der Waals surface area contributed by atoms with Crippen LogP contribution in [0.4, 0.5) is 4.79 Å². The fourth-order valence-electron chi connectivity index (χ4n) is 2.32. The smallest absolute Gasteiger partial charge is 0.408 e. The third-order valence-electron chi connectivity index (χ3n) is 3.19. The van der Waals surface area contributed by atoms with Gasteiger partial charge in [0.05, 0.1) is 6.04 Å². The van der Waals surface area contributed by atoms with Gasteiger partial charge in [0.15, 0.2) is 5.78 Å². The highest BCUT2D eigenvalue weighted by atomic mass is 16.7. The van der Waals surface area contributed by atoms with E-state index in [2.05, 4.69) is 5.32 Å². The number of Topliss-reactive ketones (excluding diaryl/α,β-unsaturated/α-hetero) is 1. The van der Waals surface area contributed by atoms with Gasteiger partial charge in [-0.15, -0.1) is 0 Å². The Balaban J connectivity index is 2.95. The summed E-state index contributed by atoms with van der Waals surface area (Å²) in [5, 5.41) is 2.44. The molecule has 8 nitrogen and oxygen atoms in total. The number of rotatable bonds is 5. The van der Waals surface area contributed by atoms with E-state index >= 15 is 0 Å². The maximum Gasteiger partial charge on any atom is 0.408 e. The molecular weight excluding hydrogens is 330 g/mol. The van der Waals surface area contributed by atoms with Gasteiger partial charge < -0.3 is 19.5 Å². The lowest BCUT2D eigenvalue weighted by atomic mass is 9.91. The number of esters is 2. The molecule has 25 heavy (non-hydrogen) atoms. The molecule has 1 aliphatic rings. The van der Waals surface area contributed by atoms with E-state index in [9.17, 15) is 19.2 Å². The van der Waals surface area contributed by atoms with Crippen molar-refractivity contribution in [1.82, 2.24) is 5.32 Å². The summed E-state index contributed by atoms with van der Waals surface area (Å²) in [6.07, 6.45) is -0.567. The number of hydrogen-bond acceptors (Lipinski definition) is 7. The zero-order valence-corrected chi connectivity index (χ0v) is 15.8. The van der Waals surface area contributed by atoms with Crippen molar-refractivity contribution in [3.63, 3.8) is 0 Å². The van der Waals surface area contributed by atoms with Crippen LogP contribution in [0.25, 0.3) is 0 Å². The third-order valence-corrected chi connectivity index (χ3v) is 3.19. The predicted octanol–water partition coefficient (Wildman–Crippen LogP) is 1.95. The number of ether oxygens (including phenoxy) is 3. The summed E-state index contributed by atoms with van der Waals surface area (Å²) in [7, 11) is 0. The van der Waals surface area contributed by atoms with Crippen molar-refractivity contribution in [3.05, 3.63) is 0 Å². The molecule has 1 rings (SSSR count). The topological polar surface area (TPSA) is 108 Å². The van der Waals surface area contributed by atoms with Gasteiger partial charge in [-0.25, -0.2) is 4.79 Å². The van der Waals surface area contributed by atoms with Gasteiger partial charge in [0.2, 0.25) is 5.92 Å². The van der Waals surface area contributed by atoms with E-state index in [4.69, 9.17) is 14.2 Å². The minimum absolute atomic E-state index is 0.0240. The standard InChI is InChI=1S/C17H27NO7/c1-9(2)8-10(18-15(22)25-16(3,4)5)12(19)11-13(20)23-17(6,7)24-14(11)21/h9-11H,8H2,1-7H3,(H,18,22)/t10-/m0/s1. The van der Waals surface area contributed by atoms with E-state index < -0.39 is 47.2 Å². The Morgan fingerprint density at radius 1 is 1.16 bits per heavy atom. The molecule has 0 spiro atoms. The van der Waals surface area contributed by atoms with Crippen molar-refractivity contribution in [2.24, 2.45) is 11.8 Å². The van der Waals surface area contributed by atoms with E-state index in [0.29, 0.717) is 0 Å². The highest BCUT2D eigenvalue weighted by Crippen LogP contribution is 2.25. The Bertz CT molecular complexity index is 540. The Morgan fingerprint density at radius 3 is 2.04 bits per heavy atom. The number of cyclic esters (lactones) is 2. The molecule has 0 aromatic heterocycles. The number of amides is 1. The van der Waals surface area contributed by atoms with E-state index in [0.717, 1.165) is 0 Å². The number of ketones is 1. The van der Waals surface area contributed by atoms with E-state index in [1.54, 1.807) is 20.8 Å². The molecule has 0 radical (unpaired) electrons. The Morgan fingerprint density at radius 2 is 1.64 bits per heavy atom. The molecule has 0 aromatic carbocycles. The van der Waals surface area contributed by atoms with Crippen molar-refractivity contribution in [1.29, 1.82) is 0 Å². The Labute approximate surface area is 147 Å². The first kappa shape index (κ1) is 20.9. The Hall–Kier alpha value is -2.12. The van der Waals surface area contributed by atoms with Crippen LogP contribution >= 0.6 is 0 Å². The van der Waals surface area contributed by atoms with Crippen LogP contribution in [-0.2, 0) is 28.6 Å². The van der Waals surface area contributed by atoms with Gasteiger partial charge in [-0.1, -0.05) is 13.8 Å². The van der Waals surface area contributed by atoms with Crippen molar-refractivity contribution >= 4 is 23.8 Å². The van der Waals surface area contributed by atoms with Gasteiger partial charge in [-0.2, -0.15) is 0 Å². The van der Waals surface area contributed by atoms with Gasteiger partial charge in [0.25, 0.3) is 5.79 Å². The monoisotopic (exact) mass is 357 g/mol. The molecular formula is C17H27NO7. The fourth-order valence-corrected chi connectivity index (χ4v) is 2.32. The quantitative estimate of drug-likeness (QED) is 0.592. The summed E-state index contributed by atoms with van der Waals surface area (Å²) >= 11 is 0. The number of carbonyl (C=O) groups is 4. The van der Waals surface area contributed by atoms with Gasteiger partial charge in [-0.05, 0) is 33.1 Å². The van der Waals surface area contributed by atoms with Crippen LogP contribution in [0.3, 0.4) is 0 Å². The summed E-state index contributed by atoms with van der Waals surface area (Å²) < 4.78 is 15.1. The number of carbonyl (C=O) groups excluding carboxylic acids is 4. The second-order valence-corrected chi connectivity index (χ2v) is 7.91. The van der Waals surface area contributed by atoms with Gasteiger partial charge in [-0.3, -0.25) is 14.4 Å². The lowest BCUT2D eigenvalue weighted by Gasteiger charge is -2.33. The third kappa shape index (κ3) is 6.36. The molecule has 0 bridgehead atoms. The Kier molecular flexibility index (Phi) is 6.20. The van der Waals surface area contributed by atoms with Gasteiger partial charge in [0, 0.05) is 13.8 Å². The fraction of sp³-hybridized carbons (Fsp3) is 0.765. The highest BCUT2D eigenvalue weighted by molar-refractivity contribution is 6.17. The highest BCUT2D eigenvalue weighted by Gasteiger charge is 2.49. The van der Waals surface area contributed by atoms with Crippen LogP contribution in [-0.4, -0.2) is 41.2 Å². The van der Waals surface area contributed by atoms with Crippen LogP contribution in [0.15, 0.2) is 0 Å². The largest absolute Gasteiger partial charge is 0.444 e. The van der Waals surface area contributed by atoms with E-state index in [1.807, 2.05) is 13.8 Å². The molecule has 0 saturated carbocycles. The van der Waals surface area contributed by atoms with Crippen LogP contribution in [0.2, 0.25) is 0 Å². The van der Waals surface area contributed by atoms with Crippen LogP contribution in [0.1, 0.15) is 54.9 Å². The molecule has 1 fully saturated rings. The first-order valence-electron chi connectivity index (χ1n) is 8.21. The lowest BCUT2D eigenvalue weighted by molar-refractivity contribution is -0.238. The maximum atomic E-state index is 12.7. The van der Waals surface area contributed by atoms with E-state index in [1.165, 1.54) is 13.8 Å². The van der Waals surface area contributed by atoms with Crippen molar-refractivity contribution in [3.8, 4) is 0 Å². The molecule has 142 valence electrons. The molecule has 0 unspecified atom stereocenters. The molecule has 0 aromatic rings. The maximum absolute atomic E-state index is 12.7. The first-order chi connectivity index (χ1) is 11.2. The van der Waals surface area contributed by atoms with E-state index in [-0.39, 0.29) is 12.3 Å². The molecule has 1 atom stereocenters. The average molecular weight is 357 g/mol. The molecule has 8 heteroatoms. The van der Waals surface area contributed by atoms with Crippen LogP contribution in [0.5, 0.6) is 0 Å². The zero-order valence-electron chi connectivity index (χ0n) is 15.8. The minimum Gasteiger partial charge on any atom is -0.444 e. The molecule has 1 heterocycles. The number of hydrogen-bond donors (Lipinski definition) is 1. The predicted molar refractivity (Wildman–Crippen MR) is 87.4 cm³/mol. The second-order valence-electron chi connectivity index (χ2n) is 7.91. The molecule has 1 N–H and O–H groups in total. The normalized spacial score (nSPS) is 19.0. The van der Waals surface area contributed by atoms with Crippen LogP contribution in [0, 0.1) is 11.8 Å². The number of nitrogens with one attached hydrogen (secondary N) is 1. The lowest BCUT2D eigenvalue weighted by Crippen LogP contribution is -2.54. The SMILES string of the molecule is CC(C)C[C@H](NC(=O)OC(C)(C)C)C(=O)C1C(=O)OC(C)(C)OC1=O. The molecule has 0 aliphatic carbocycles. The average Bonchev–Trinajstić information content (AvgIpc) is 2.31. The number of alkyl carbamates (subject to hydrolysis) is 1. The summed E-state index contributed by atoms with van der Waals surface area (Å²) in [5.74, 6) is -5.85. The summed E-state index contributed by atoms with van der Waals surface area (Å²) in [6, 6.07) is -1.07. The summed E-state index contributed by atoms with van der Waals surface area (Å²) in [5.41, 5.74) is -0.748. The van der Waals surface area contributed by atoms with Gasteiger partial charge in [0.1, 0.15) is 5.60 Å². The van der Waals surface area contributed by atoms with Crippen molar-refractivity contribution in [2.75, 3.05) is 0 Å². The van der Waals surface area contributed by atoms with Crippen molar-refractivity contribution in [2.45, 2.75) is 72.3 Å². The zero-order chi connectivity index (χ0) is 19.6. The van der Waals surface area contributed by atoms with Crippen molar-refractivity contribution < 1.29 is 33.4 Å². The van der Waals surface area contributed by atoms with Gasteiger partial charge >= 0.3 is 18.0 Å². The first-order valence-corrected chi connectivity index (χ1v) is 8.21. The minimum atomic E-state index is -1.72. The molecule has 1 saturated heterocycles. The summed E-state index contributed by atoms with van der Waals surface area (Å²) in [6.45, 7) is 11.5. The molecule has 1 amide bonds. The summed E-state index contributed by atoms with van der Waals surface area (Å²) in [4.78, 5) is 48.8.